The maximum atomic E-state index is 12.5. The van der Waals surface area contributed by atoms with E-state index in [0.717, 1.165) is 29.7 Å². The first-order valence-corrected chi connectivity index (χ1v) is 9.72. The fourth-order valence-electron chi connectivity index (χ4n) is 3.17. The Morgan fingerprint density at radius 1 is 1.00 bits per heavy atom. The minimum absolute atomic E-state index is 0.197. The molecule has 0 aliphatic rings. The molecule has 1 aromatic heterocycles. The molecular formula is C24H23N3O2. The Morgan fingerprint density at radius 3 is 2.48 bits per heavy atom. The summed E-state index contributed by atoms with van der Waals surface area (Å²) in [6.45, 7) is 1.73. The van der Waals surface area contributed by atoms with Gasteiger partial charge in [-0.1, -0.05) is 48.5 Å². The van der Waals surface area contributed by atoms with Gasteiger partial charge in [-0.3, -0.25) is 4.79 Å². The van der Waals surface area contributed by atoms with Gasteiger partial charge in [-0.15, -0.1) is 0 Å². The van der Waals surface area contributed by atoms with Crippen molar-refractivity contribution < 1.29 is 9.53 Å². The molecule has 0 fully saturated rings. The Balaban J connectivity index is 1.40. The van der Waals surface area contributed by atoms with Crippen LogP contribution in [0.3, 0.4) is 0 Å². The zero-order valence-electron chi connectivity index (χ0n) is 16.3. The van der Waals surface area contributed by atoms with Gasteiger partial charge in [0.2, 0.25) is 0 Å². The van der Waals surface area contributed by atoms with Crippen LogP contribution in [0, 0.1) is 0 Å². The van der Waals surface area contributed by atoms with Gasteiger partial charge in [0.25, 0.3) is 5.91 Å². The first-order chi connectivity index (χ1) is 14.2. The monoisotopic (exact) mass is 385 g/mol. The molecule has 0 saturated heterocycles. The lowest BCUT2D eigenvalue weighted by atomic mass is 10.1. The van der Waals surface area contributed by atoms with Crippen LogP contribution in [0.2, 0.25) is 0 Å². The summed E-state index contributed by atoms with van der Waals surface area (Å²) in [7, 11) is 0. The Morgan fingerprint density at radius 2 is 1.72 bits per heavy atom. The van der Waals surface area contributed by atoms with Crippen LogP contribution < -0.4 is 10.1 Å². The van der Waals surface area contributed by atoms with Gasteiger partial charge in [0.15, 0.2) is 6.10 Å². The van der Waals surface area contributed by atoms with Gasteiger partial charge in [0, 0.05) is 12.1 Å². The van der Waals surface area contributed by atoms with Crippen molar-refractivity contribution in [3.05, 3.63) is 90.3 Å². The quantitative estimate of drug-likeness (QED) is 0.482. The van der Waals surface area contributed by atoms with Crippen molar-refractivity contribution in [2.45, 2.75) is 25.9 Å². The number of nitrogens with zero attached hydrogens (tertiary/aromatic N) is 1. The molecule has 2 N–H and O–H groups in total. The highest BCUT2D eigenvalue weighted by molar-refractivity contribution is 5.95. The summed E-state index contributed by atoms with van der Waals surface area (Å²) >= 11 is 0. The summed E-state index contributed by atoms with van der Waals surface area (Å²) in [5.41, 5.74) is 3.79. The molecular weight excluding hydrogens is 362 g/mol. The number of H-pyrrole nitrogens is 1. The zero-order chi connectivity index (χ0) is 20.1. The standard InChI is InChI=1S/C24H23N3O2/c1-17(29-20-10-6-3-7-11-20)24(28)25-19-13-14-21-22(16-19)27-23(26-21)15-12-18-8-4-2-5-9-18/h2-11,13-14,16-17H,12,15H2,1H3,(H,25,28)(H,26,27)/t17-/m0/s1. The van der Waals surface area contributed by atoms with E-state index < -0.39 is 6.10 Å². The number of aryl methyl sites for hydroxylation is 2. The van der Waals surface area contributed by atoms with E-state index in [4.69, 9.17) is 4.74 Å². The molecule has 1 amide bonds. The number of fused-ring (bicyclic) bond motifs is 1. The van der Waals surface area contributed by atoms with Gasteiger partial charge < -0.3 is 15.0 Å². The molecule has 1 atom stereocenters. The molecule has 0 radical (unpaired) electrons. The smallest absolute Gasteiger partial charge is 0.265 e. The first kappa shape index (κ1) is 18.7. The number of para-hydroxylation sites is 1. The molecule has 1 heterocycles. The van der Waals surface area contributed by atoms with Gasteiger partial charge in [-0.05, 0) is 49.2 Å². The van der Waals surface area contributed by atoms with Crippen LogP contribution in [-0.4, -0.2) is 22.0 Å². The number of anilines is 1. The topological polar surface area (TPSA) is 67.0 Å². The van der Waals surface area contributed by atoms with Gasteiger partial charge in [-0.2, -0.15) is 0 Å². The maximum Gasteiger partial charge on any atom is 0.265 e. The normalized spacial score (nSPS) is 11.9. The number of amides is 1. The minimum atomic E-state index is -0.601. The molecule has 5 heteroatoms. The third kappa shape index (κ3) is 4.82. The SMILES string of the molecule is C[C@H](Oc1ccccc1)C(=O)Nc1ccc2nc(CCc3ccccc3)[nH]c2c1. The van der Waals surface area contributed by atoms with Crippen LogP contribution in [-0.2, 0) is 17.6 Å². The lowest BCUT2D eigenvalue weighted by Gasteiger charge is -2.14. The van der Waals surface area contributed by atoms with Crippen molar-refractivity contribution in [2.75, 3.05) is 5.32 Å². The predicted octanol–water partition coefficient (Wildman–Crippen LogP) is 4.75. The van der Waals surface area contributed by atoms with E-state index >= 15 is 0 Å². The number of aromatic amines is 1. The van der Waals surface area contributed by atoms with Crippen molar-refractivity contribution in [3.63, 3.8) is 0 Å². The molecule has 29 heavy (non-hydrogen) atoms. The number of hydrogen-bond donors (Lipinski definition) is 2. The molecule has 0 bridgehead atoms. The van der Waals surface area contributed by atoms with Crippen molar-refractivity contribution in [3.8, 4) is 5.75 Å². The van der Waals surface area contributed by atoms with Crippen molar-refractivity contribution in [2.24, 2.45) is 0 Å². The number of rotatable bonds is 7. The largest absolute Gasteiger partial charge is 0.481 e. The summed E-state index contributed by atoms with van der Waals surface area (Å²) in [5, 5.41) is 2.91. The average molecular weight is 385 g/mol. The molecule has 0 unspecified atom stereocenters. The highest BCUT2D eigenvalue weighted by Gasteiger charge is 2.15. The summed E-state index contributed by atoms with van der Waals surface area (Å²) < 4.78 is 5.68. The highest BCUT2D eigenvalue weighted by Crippen LogP contribution is 2.19. The van der Waals surface area contributed by atoms with Gasteiger partial charge >= 0.3 is 0 Å². The van der Waals surface area contributed by atoms with Crippen LogP contribution in [0.1, 0.15) is 18.3 Å². The fourth-order valence-corrected chi connectivity index (χ4v) is 3.17. The van der Waals surface area contributed by atoms with Crippen LogP contribution >= 0.6 is 0 Å². The lowest BCUT2D eigenvalue weighted by molar-refractivity contribution is -0.122. The number of nitrogens with one attached hydrogen (secondary N) is 2. The number of benzene rings is 3. The molecule has 5 nitrogen and oxygen atoms in total. The summed E-state index contributed by atoms with van der Waals surface area (Å²) in [6, 6.07) is 25.4. The molecule has 3 aromatic carbocycles. The van der Waals surface area contributed by atoms with Gasteiger partial charge in [0.1, 0.15) is 11.6 Å². The second kappa shape index (κ2) is 8.61. The predicted molar refractivity (Wildman–Crippen MR) is 115 cm³/mol. The number of hydrogen-bond acceptors (Lipinski definition) is 3. The molecule has 0 saturated carbocycles. The van der Waals surface area contributed by atoms with E-state index in [0.29, 0.717) is 11.4 Å². The van der Waals surface area contributed by atoms with E-state index in [-0.39, 0.29) is 5.91 Å². The van der Waals surface area contributed by atoms with E-state index in [1.165, 1.54) is 5.56 Å². The number of carbonyl (C=O) groups is 1. The molecule has 0 spiro atoms. The van der Waals surface area contributed by atoms with Crippen LogP contribution in [0.15, 0.2) is 78.9 Å². The van der Waals surface area contributed by atoms with Crippen molar-refractivity contribution in [1.29, 1.82) is 0 Å². The lowest BCUT2D eigenvalue weighted by Crippen LogP contribution is -2.30. The first-order valence-electron chi connectivity index (χ1n) is 9.72. The van der Waals surface area contributed by atoms with E-state index in [9.17, 15) is 4.79 Å². The number of imidazole rings is 1. The van der Waals surface area contributed by atoms with E-state index in [1.54, 1.807) is 6.92 Å². The fraction of sp³-hybridized carbons (Fsp3) is 0.167. The number of ether oxygens (including phenoxy) is 1. The third-order valence-corrected chi connectivity index (χ3v) is 4.72. The Hall–Kier alpha value is -3.60. The Kier molecular flexibility index (Phi) is 5.56. The van der Waals surface area contributed by atoms with Crippen LogP contribution in [0.4, 0.5) is 5.69 Å². The number of aromatic nitrogens is 2. The van der Waals surface area contributed by atoms with Crippen molar-refractivity contribution >= 4 is 22.6 Å². The molecule has 0 aliphatic heterocycles. The Bertz CT molecular complexity index is 1090. The average Bonchev–Trinajstić information content (AvgIpc) is 3.16. The van der Waals surface area contributed by atoms with Gasteiger partial charge in [-0.25, -0.2) is 4.98 Å². The maximum absolute atomic E-state index is 12.5. The van der Waals surface area contributed by atoms with Crippen LogP contribution in [0.25, 0.3) is 11.0 Å². The highest BCUT2D eigenvalue weighted by atomic mass is 16.5. The minimum Gasteiger partial charge on any atom is -0.481 e. The second-order valence-electron chi connectivity index (χ2n) is 6.96. The van der Waals surface area contributed by atoms with Crippen LogP contribution in [0.5, 0.6) is 5.75 Å². The third-order valence-electron chi connectivity index (χ3n) is 4.72. The zero-order valence-corrected chi connectivity index (χ0v) is 16.3. The van der Waals surface area contributed by atoms with Crippen molar-refractivity contribution in [1.82, 2.24) is 9.97 Å². The van der Waals surface area contributed by atoms with E-state index in [1.807, 2.05) is 66.7 Å². The number of carbonyl (C=O) groups excluding carboxylic acids is 1. The second-order valence-corrected chi connectivity index (χ2v) is 6.96. The van der Waals surface area contributed by atoms with Gasteiger partial charge in [0.05, 0.1) is 11.0 Å². The molecule has 0 aliphatic carbocycles. The summed E-state index contributed by atoms with van der Waals surface area (Å²) in [5.74, 6) is 1.41. The molecule has 4 aromatic rings. The van der Waals surface area contributed by atoms with E-state index in [2.05, 4.69) is 27.4 Å². The molecule has 146 valence electrons. The Labute approximate surface area is 169 Å². The summed E-state index contributed by atoms with van der Waals surface area (Å²) in [4.78, 5) is 20.5. The summed E-state index contributed by atoms with van der Waals surface area (Å²) in [6.07, 6.45) is 1.16. The molecule has 4 rings (SSSR count).